The molecule has 123 valence electrons. The summed E-state index contributed by atoms with van der Waals surface area (Å²) < 4.78 is 9.67. The van der Waals surface area contributed by atoms with Gasteiger partial charge in [0.2, 0.25) is 0 Å². The van der Waals surface area contributed by atoms with Gasteiger partial charge in [-0.15, -0.1) is 0 Å². The van der Waals surface area contributed by atoms with E-state index in [4.69, 9.17) is 9.47 Å². The van der Waals surface area contributed by atoms with E-state index in [-0.39, 0.29) is 27.9 Å². The molecule has 0 aliphatic rings. The van der Waals surface area contributed by atoms with Crippen molar-refractivity contribution in [1.82, 2.24) is 0 Å². The number of aromatic carboxylic acids is 2. The molecular weight excluding hydrogens is 347 g/mol. The first-order valence-corrected chi connectivity index (χ1v) is 6.18. The maximum Gasteiger partial charge on any atom is 2.00 e. The van der Waals surface area contributed by atoms with Crippen molar-refractivity contribution >= 4 is 11.9 Å². The van der Waals surface area contributed by atoms with Crippen molar-refractivity contribution in [3.8, 4) is 11.5 Å². The summed E-state index contributed by atoms with van der Waals surface area (Å²) in [7, 11) is 3.04. The van der Waals surface area contributed by atoms with Gasteiger partial charge >= 0.3 is 16.8 Å². The summed E-state index contributed by atoms with van der Waals surface area (Å²) in [6.07, 6.45) is 0. The molecule has 0 aromatic heterocycles. The van der Waals surface area contributed by atoms with Crippen LogP contribution in [0.5, 0.6) is 11.5 Å². The Morgan fingerprint density at radius 1 is 0.696 bits per heavy atom. The number of carboxylic acid groups (broad SMARTS) is 2. The molecule has 1 radical (unpaired) electrons. The Hall–Kier alpha value is -2.51. The Morgan fingerprint density at radius 2 is 0.957 bits per heavy atom. The number of carboxylic acids is 2. The van der Waals surface area contributed by atoms with E-state index < -0.39 is 11.9 Å². The topological polar surface area (TPSA) is 98.7 Å². The average Bonchev–Trinajstić information content (AvgIpc) is 2.55. The van der Waals surface area contributed by atoms with Gasteiger partial charge < -0.3 is 29.3 Å². The van der Waals surface area contributed by atoms with Gasteiger partial charge in [0.15, 0.2) is 0 Å². The summed E-state index contributed by atoms with van der Waals surface area (Å²) >= 11 is 0. The van der Waals surface area contributed by atoms with Gasteiger partial charge in [0, 0.05) is 0 Å². The zero-order valence-electron chi connectivity index (χ0n) is 12.4. The van der Waals surface area contributed by atoms with Crippen molar-refractivity contribution in [2.24, 2.45) is 0 Å². The third-order valence-electron chi connectivity index (χ3n) is 2.65. The number of ether oxygens (including phenoxy) is 2. The van der Waals surface area contributed by atoms with Gasteiger partial charge in [-0.3, -0.25) is 0 Å². The fourth-order valence-corrected chi connectivity index (χ4v) is 1.45. The summed E-state index contributed by atoms with van der Waals surface area (Å²) in [5.41, 5.74) is 0.316. The van der Waals surface area contributed by atoms with E-state index >= 15 is 0 Å². The van der Waals surface area contributed by atoms with Gasteiger partial charge in [-0.25, -0.2) is 0 Å². The Bertz CT molecular complexity index is 565. The van der Waals surface area contributed by atoms with Gasteiger partial charge in [0.25, 0.3) is 0 Å². The quantitative estimate of drug-likeness (QED) is 0.767. The molecule has 0 saturated carbocycles. The maximum absolute atomic E-state index is 10.2. The van der Waals surface area contributed by atoms with Crippen LogP contribution in [-0.2, 0) is 16.8 Å². The van der Waals surface area contributed by atoms with Crippen LogP contribution < -0.4 is 19.7 Å². The SMILES string of the molecule is COc1ccc(C(=O)[O-])cc1.COc1ccc(C(=O)[O-])cc1.[Co+2]. The Balaban J connectivity index is 0.000000403. The van der Waals surface area contributed by atoms with Gasteiger partial charge in [-0.05, 0) is 59.7 Å². The van der Waals surface area contributed by atoms with Crippen LogP contribution in [0.1, 0.15) is 20.7 Å². The van der Waals surface area contributed by atoms with Crippen molar-refractivity contribution in [2.75, 3.05) is 14.2 Å². The zero-order valence-corrected chi connectivity index (χ0v) is 13.4. The van der Waals surface area contributed by atoms with Crippen LogP contribution in [-0.4, -0.2) is 26.2 Å². The standard InChI is InChI=1S/2C8H8O3.Co/c2*1-11-7-4-2-6(3-5-7)8(9)10;/h2*2-5H,1H3,(H,9,10);/q;;+2/p-2. The molecule has 2 rings (SSSR count). The molecule has 0 fully saturated rings. The monoisotopic (exact) mass is 361 g/mol. The molecule has 2 aromatic rings. The predicted octanol–water partition coefficient (Wildman–Crippen LogP) is 0.115. The van der Waals surface area contributed by atoms with Gasteiger partial charge in [0.1, 0.15) is 11.5 Å². The first-order valence-electron chi connectivity index (χ1n) is 6.18. The Labute approximate surface area is 143 Å². The van der Waals surface area contributed by atoms with Crippen LogP contribution in [0.2, 0.25) is 0 Å². The summed E-state index contributed by atoms with van der Waals surface area (Å²) in [6, 6.07) is 12.1. The Kier molecular flexibility index (Phi) is 9.13. The number of carbonyl (C=O) groups is 2. The molecule has 0 aliphatic heterocycles. The molecule has 6 nitrogen and oxygen atoms in total. The molecule has 0 aliphatic carbocycles. The summed E-state index contributed by atoms with van der Waals surface area (Å²) in [5.74, 6) is -1.08. The molecule has 0 heterocycles. The molecule has 0 bridgehead atoms. The third-order valence-corrected chi connectivity index (χ3v) is 2.65. The van der Waals surface area contributed by atoms with Gasteiger partial charge in [-0.1, -0.05) is 0 Å². The molecule has 0 atom stereocenters. The van der Waals surface area contributed by atoms with Crippen molar-refractivity contribution < 1.29 is 46.1 Å². The normalized spacial score (nSPS) is 8.78. The van der Waals surface area contributed by atoms with Crippen LogP contribution in [0, 0.1) is 0 Å². The molecule has 2 aromatic carbocycles. The van der Waals surface area contributed by atoms with E-state index in [9.17, 15) is 19.8 Å². The number of benzene rings is 2. The molecule has 0 N–H and O–H groups in total. The second-order valence-corrected chi connectivity index (χ2v) is 4.03. The van der Waals surface area contributed by atoms with Crippen LogP contribution in [0.3, 0.4) is 0 Å². The van der Waals surface area contributed by atoms with Gasteiger partial charge in [-0.2, -0.15) is 0 Å². The van der Waals surface area contributed by atoms with Crippen molar-refractivity contribution in [1.29, 1.82) is 0 Å². The number of hydrogen-bond acceptors (Lipinski definition) is 6. The number of carbonyl (C=O) groups excluding carboxylic acids is 2. The van der Waals surface area contributed by atoms with E-state index in [1.165, 1.54) is 38.5 Å². The van der Waals surface area contributed by atoms with Crippen LogP contribution >= 0.6 is 0 Å². The fraction of sp³-hybridized carbons (Fsp3) is 0.125. The Morgan fingerprint density at radius 3 is 1.13 bits per heavy atom. The van der Waals surface area contributed by atoms with E-state index in [2.05, 4.69) is 0 Å². The molecule has 0 saturated heterocycles. The summed E-state index contributed by atoms with van der Waals surface area (Å²) in [5, 5.41) is 20.5. The smallest absolute Gasteiger partial charge is 0.545 e. The molecule has 0 spiro atoms. The third kappa shape index (κ3) is 6.85. The second kappa shape index (κ2) is 10.3. The van der Waals surface area contributed by atoms with Crippen LogP contribution in [0.25, 0.3) is 0 Å². The first kappa shape index (κ1) is 20.5. The average molecular weight is 361 g/mol. The molecule has 0 unspecified atom stereocenters. The van der Waals surface area contributed by atoms with Crippen LogP contribution in [0.4, 0.5) is 0 Å². The number of hydrogen-bond donors (Lipinski definition) is 0. The zero-order chi connectivity index (χ0) is 16.5. The molecule has 0 amide bonds. The minimum absolute atomic E-state index is 0. The summed E-state index contributed by atoms with van der Waals surface area (Å²) in [6.45, 7) is 0. The maximum atomic E-state index is 10.2. The number of rotatable bonds is 4. The van der Waals surface area contributed by atoms with Crippen molar-refractivity contribution in [3.05, 3.63) is 59.7 Å². The van der Waals surface area contributed by atoms with Crippen LogP contribution in [0.15, 0.2) is 48.5 Å². The summed E-state index contributed by atoms with van der Waals surface area (Å²) in [4.78, 5) is 20.5. The van der Waals surface area contributed by atoms with E-state index in [0.29, 0.717) is 11.5 Å². The second-order valence-electron chi connectivity index (χ2n) is 4.03. The van der Waals surface area contributed by atoms with E-state index in [1.807, 2.05) is 0 Å². The van der Waals surface area contributed by atoms with Crippen molar-refractivity contribution in [3.63, 3.8) is 0 Å². The van der Waals surface area contributed by atoms with Gasteiger partial charge in [0.05, 0.1) is 26.2 Å². The predicted molar refractivity (Wildman–Crippen MR) is 74.6 cm³/mol. The fourth-order valence-electron chi connectivity index (χ4n) is 1.45. The largest absolute Gasteiger partial charge is 2.00 e. The first-order chi connectivity index (χ1) is 10.5. The molecule has 7 heteroatoms. The van der Waals surface area contributed by atoms with E-state index in [1.54, 1.807) is 24.3 Å². The molecular formula is C16H14CoO6. The minimum Gasteiger partial charge on any atom is -0.545 e. The van der Waals surface area contributed by atoms with E-state index in [0.717, 1.165) is 0 Å². The number of methoxy groups -OCH3 is 2. The van der Waals surface area contributed by atoms with Crippen molar-refractivity contribution in [2.45, 2.75) is 0 Å². The minimum atomic E-state index is -1.17. The molecule has 23 heavy (non-hydrogen) atoms.